The Kier molecular flexibility index (Phi) is 1.95. The van der Waals surface area contributed by atoms with E-state index < -0.39 is 0 Å². The van der Waals surface area contributed by atoms with Crippen molar-refractivity contribution in [2.45, 2.75) is 13.3 Å². The Hall–Kier alpha value is -1.85. The summed E-state index contributed by atoms with van der Waals surface area (Å²) in [7, 11) is 0. The van der Waals surface area contributed by atoms with E-state index in [1.807, 2.05) is 6.92 Å². The fourth-order valence-electron chi connectivity index (χ4n) is 0.930. The highest BCUT2D eigenvalue weighted by molar-refractivity contribution is 5.05. The number of nitrogens with zero attached hydrogens (tertiary/aromatic N) is 5. The highest BCUT2D eigenvalue weighted by Crippen LogP contribution is 1.98. The van der Waals surface area contributed by atoms with Crippen LogP contribution in [0.5, 0.6) is 0 Å². The Bertz CT molecular complexity index is 364. The molecule has 2 aromatic rings. The molecular weight excluding hydrogens is 168 g/mol. The van der Waals surface area contributed by atoms with Crippen LogP contribution in [0.15, 0.2) is 12.4 Å². The molecule has 0 aliphatic heterocycles. The number of aromatic nitrogens is 6. The van der Waals surface area contributed by atoms with Gasteiger partial charge in [-0.3, -0.25) is 9.97 Å². The summed E-state index contributed by atoms with van der Waals surface area (Å²) in [5, 5.41) is 13.5. The Balaban J connectivity index is 2.15. The third-order valence-corrected chi connectivity index (χ3v) is 1.56. The minimum absolute atomic E-state index is 0.559. The van der Waals surface area contributed by atoms with Gasteiger partial charge in [-0.05, 0) is 6.92 Å². The molecule has 0 amide bonds. The van der Waals surface area contributed by atoms with Gasteiger partial charge in [-0.15, -0.1) is 10.2 Å². The lowest BCUT2D eigenvalue weighted by atomic mass is 10.3. The lowest BCUT2D eigenvalue weighted by Gasteiger charge is -1.95. The molecular formula is C7H8N6. The van der Waals surface area contributed by atoms with Crippen LogP contribution in [0.1, 0.15) is 17.2 Å². The van der Waals surface area contributed by atoms with E-state index in [-0.39, 0.29) is 0 Å². The maximum absolute atomic E-state index is 4.17. The fourth-order valence-corrected chi connectivity index (χ4v) is 0.930. The molecule has 66 valence electrons. The number of aryl methyl sites for hydroxylation is 1. The van der Waals surface area contributed by atoms with E-state index in [1.54, 1.807) is 12.4 Å². The lowest BCUT2D eigenvalue weighted by Crippen LogP contribution is -1.96. The van der Waals surface area contributed by atoms with Gasteiger partial charge in [-0.25, -0.2) is 0 Å². The molecule has 6 heteroatoms. The van der Waals surface area contributed by atoms with Gasteiger partial charge < -0.3 is 0 Å². The van der Waals surface area contributed by atoms with Gasteiger partial charge in [0.2, 0.25) is 0 Å². The third-order valence-electron chi connectivity index (χ3n) is 1.56. The normalized spacial score (nSPS) is 10.2. The van der Waals surface area contributed by atoms with Crippen molar-refractivity contribution in [1.82, 2.24) is 30.6 Å². The highest BCUT2D eigenvalue weighted by atomic mass is 15.5. The molecule has 2 rings (SSSR count). The zero-order valence-electron chi connectivity index (χ0n) is 7.10. The van der Waals surface area contributed by atoms with Crippen LogP contribution in [0, 0.1) is 6.92 Å². The van der Waals surface area contributed by atoms with Gasteiger partial charge in [0.25, 0.3) is 0 Å². The predicted molar refractivity (Wildman–Crippen MR) is 43.8 cm³/mol. The predicted octanol–water partition coefficient (Wildman–Crippen LogP) is -0.111. The highest BCUT2D eigenvalue weighted by Gasteiger charge is 2.01. The Morgan fingerprint density at radius 1 is 1.31 bits per heavy atom. The quantitative estimate of drug-likeness (QED) is 0.690. The maximum Gasteiger partial charge on any atom is 0.180 e. The van der Waals surface area contributed by atoms with Crippen LogP contribution in [0.4, 0.5) is 0 Å². The second kappa shape index (κ2) is 3.26. The van der Waals surface area contributed by atoms with Gasteiger partial charge >= 0.3 is 0 Å². The largest absolute Gasteiger partial charge is 0.258 e. The summed E-state index contributed by atoms with van der Waals surface area (Å²) in [5.41, 5.74) is 1.74. The molecule has 0 spiro atoms. The van der Waals surface area contributed by atoms with Crippen molar-refractivity contribution in [2.75, 3.05) is 0 Å². The lowest BCUT2D eigenvalue weighted by molar-refractivity contribution is 0.881. The molecule has 0 atom stereocenters. The van der Waals surface area contributed by atoms with Crippen LogP contribution in [-0.2, 0) is 6.42 Å². The van der Waals surface area contributed by atoms with Crippen molar-refractivity contribution in [3.63, 3.8) is 0 Å². The molecule has 0 bridgehead atoms. The summed E-state index contributed by atoms with van der Waals surface area (Å²) in [5.74, 6) is 0.623. The summed E-state index contributed by atoms with van der Waals surface area (Å²) in [6.07, 6.45) is 3.99. The zero-order valence-corrected chi connectivity index (χ0v) is 7.10. The zero-order chi connectivity index (χ0) is 9.10. The minimum atomic E-state index is 0.559. The molecule has 0 aliphatic carbocycles. The van der Waals surface area contributed by atoms with Gasteiger partial charge in [0.1, 0.15) is 0 Å². The van der Waals surface area contributed by atoms with Crippen LogP contribution in [0.2, 0.25) is 0 Å². The number of hydrogen-bond donors (Lipinski definition) is 1. The number of H-pyrrole nitrogens is 1. The fraction of sp³-hybridized carbons (Fsp3) is 0.286. The van der Waals surface area contributed by atoms with Gasteiger partial charge in [-0.1, -0.05) is 5.21 Å². The van der Waals surface area contributed by atoms with Gasteiger partial charge in [-0.2, -0.15) is 5.21 Å². The van der Waals surface area contributed by atoms with E-state index >= 15 is 0 Å². The van der Waals surface area contributed by atoms with E-state index in [9.17, 15) is 0 Å². The summed E-state index contributed by atoms with van der Waals surface area (Å²) in [6, 6.07) is 0. The Morgan fingerprint density at radius 2 is 2.23 bits per heavy atom. The van der Waals surface area contributed by atoms with Crippen LogP contribution >= 0.6 is 0 Å². The summed E-state index contributed by atoms with van der Waals surface area (Å²) < 4.78 is 0. The molecule has 1 N–H and O–H groups in total. The molecule has 0 saturated carbocycles. The number of tetrazole rings is 1. The smallest absolute Gasteiger partial charge is 0.180 e. The molecule has 2 aromatic heterocycles. The second-order valence-corrected chi connectivity index (χ2v) is 2.65. The van der Waals surface area contributed by atoms with Crippen LogP contribution in [0.3, 0.4) is 0 Å². The van der Waals surface area contributed by atoms with Gasteiger partial charge in [0, 0.05) is 12.4 Å². The average molecular weight is 176 g/mol. The molecule has 2 heterocycles. The molecule has 13 heavy (non-hydrogen) atoms. The first-order valence-corrected chi connectivity index (χ1v) is 3.84. The monoisotopic (exact) mass is 176 g/mol. The number of nitrogens with one attached hydrogen (secondary N) is 1. The molecule has 0 aromatic carbocycles. The van der Waals surface area contributed by atoms with Crippen molar-refractivity contribution in [1.29, 1.82) is 0 Å². The average Bonchev–Trinajstić information content (AvgIpc) is 2.62. The van der Waals surface area contributed by atoms with E-state index in [4.69, 9.17) is 0 Å². The first-order valence-electron chi connectivity index (χ1n) is 3.84. The molecule has 6 nitrogen and oxygen atoms in total. The molecule has 0 unspecified atom stereocenters. The topological polar surface area (TPSA) is 80.2 Å². The van der Waals surface area contributed by atoms with Crippen molar-refractivity contribution in [3.8, 4) is 0 Å². The number of rotatable bonds is 2. The Labute approximate surface area is 74.4 Å². The van der Waals surface area contributed by atoms with Gasteiger partial charge in [0.05, 0.1) is 17.8 Å². The Morgan fingerprint density at radius 3 is 2.85 bits per heavy atom. The second-order valence-electron chi connectivity index (χ2n) is 2.65. The van der Waals surface area contributed by atoms with Crippen molar-refractivity contribution in [3.05, 3.63) is 29.6 Å². The van der Waals surface area contributed by atoms with E-state index in [0.717, 1.165) is 11.4 Å². The SMILES string of the molecule is Cc1cnc(Cc2nn[nH]n2)cn1. The van der Waals surface area contributed by atoms with Gasteiger partial charge in [0.15, 0.2) is 5.82 Å². The minimum Gasteiger partial charge on any atom is -0.258 e. The standard InChI is InChI=1S/C7H8N6/c1-5-3-9-6(4-8-5)2-7-10-12-13-11-7/h3-4H,2H2,1H3,(H,10,11,12,13). The van der Waals surface area contributed by atoms with Crippen LogP contribution < -0.4 is 0 Å². The van der Waals surface area contributed by atoms with Crippen LogP contribution in [-0.4, -0.2) is 30.6 Å². The van der Waals surface area contributed by atoms with E-state index in [0.29, 0.717) is 12.2 Å². The van der Waals surface area contributed by atoms with Crippen molar-refractivity contribution < 1.29 is 0 Å². The number of hydrogen-bond acceptors (Lipinski definition) is 5. The van der Waals surface area contributed by atoms with Crippen molar-refractivity contribution >= 4 is 0 Å². The number of aromatic amines is 1. The molecule has 0 saturated heterocycles. The first-order chi connectivity index (χ1) is 6.34. The molecule has 0 aliphatic rings. The van der Waals surface area contributed by atoms with Crippen LogP contribution in [0.25, 0.3) is 0 Å². The van der Waals surface area contributed by atoms with E-state index in [2.05, 4.69) is 30.6 Å². The molecule has 0 radical (unpaired) electrons. The molecule has 0 fully saturated rings. The summed E-state index contributed by atoms with van der Waals surface area (Å²) in [4.78, 5) is 8.28. The summed E-state index contributed by atoms with van der Waals surface area (Å²) >= 11 is 0. The summed E-state index contributed by atoms with van der Waals surface area (Å²) in [6.45, 7) is 1.89. The maximum atomic E-state index is 4.17. The third kappa shape index (κ3) is 1.84. The first kappa shape index (κ1) is 7.78. The van der Waals surface area contributed by atoms with E-state index in [1.165, 1.54) is 0 Å². The van der Waals surface area contributed by atoms with Crippen molar-refractivity contribution in [2.24, 2.45) is 0 Å².